The number of hydrogen-bond donors (Lipinski definition) is 1. The first-order valence-electron chi connectivity index (χ1n) is 8.87. The topological polar surface area (TPSA) is 70.0 Å². The van der Waals surface area contributed by atoms with Crippen LogP contribution in [-0.2, 0) is 6.54 Å². The minimum absolute atomic E-state index is 0.0956. The smallest absolute Gasteiger partial charge is 0.322 e. The maximum Gasteiger partial charge on any atom is 0.322 e. The van der Waals surface area contributed by atoms with Gasteiger partial charge >= 0.3 is 6.03 Å². The van der Waals surface area contributed by atoms with Crippen LogP contribution in [-0.4, -0.2) is 46.4 Å². The summed E-state index contributed by atoms with van der Waals surface area (Å²) in [5, 5.41) is 2.80. The van der Waals surface area contributed by atoms with Crippen molar-refractivity contribution >= 4 is 23.3 Å². The number of aryl methyl sites for hydroxylation is 1. The van der Waals surface area contributed by atoms with Gasteiger partial charge < -0.3 is 14.6 Å². The summed E-state index contributed by atoms with van der Waals surface area (Å²) in [5.41, 5.74) is 4.09. The molecule has 3 aromatic rings. The zero-order chi connectivity index (χ0) is 19.0. The number of fused-ring (bicyclic) bond motifs is 1. The molecule has 138 valence electrons. The highest BCUT2D eigenvalue weighted by Gasteiger charge is 2.24. The molecule has 0 unspecified atom stereocenters. The molecule has 0 aliphatic carbocycles. The molecule has 1 saturated heterocycles. The lowest BCUT2D eigenvalue weighted by atomic mass is 10.1. The molecule has 3 heterocycles. The average Bonchev–Trinajstić information content (AvgIpc) is 3.28. The summed E-state index contributed by atoms with van der Waals surface area (Å²) < 4.78 is 1.97. The number of pyridine rings is 1. The van der Waals surface area contributed by atoms with Crippen molar-refractivity contribution in [1.29, 1.82) is 0 Å². The van der Waals surface area contributed by atoms with Crippen LogP contribution in [0.15, 0.2) is 48.8 Å². The summed E-state index contributed by atoms with van der Waals surface area (Å²) in [5.74, 6) is -0.0956. The summed E-state index contributed by atoms with van der Waals surface area (Å²) in [4.78, 5) is 32.6. The number of amides is 3. The van der Waals surface area contributed by atoms with Crippen LogP contribution in [0.25, 0.3) is 5.65 Å². The summed E-state index contributed by atoms with van der Waals surface area (Å²) >= 11 is 0. The zero-order valence-electron chi connectivity index (χ0n) is 15.3. The van der Waals surface area contributed by atoms with E-state index in [0.717, 1.165) is 22.6 Å². The maximum absolute atomic E-state index is 12.9. The van der Waals surface area contributed by atoms with E-state index in [1.54, 1.807) is 35.2 Å². The third-order valence-corrected chi connectivity index (χ3v) is 4.84. The molecule has 7 nitrogen and oxygen atoms in total. The lowest BCUT2D eigenvalue weighted by molar-refractivity contribution is 0.0783. The SMILES string of the molecule is Cc1ccc(C(=O)N(C)Cc2cnc3ccccn23)cc1N1CCNC1=O. The van der Waals surface area contributed by atoms with E-state index in [1.165, 1.54) is 0 Å². The summed E-state index contributed by atoms with van der Waals surface area (Å²) in [7, 11) is 1.77. The van der Waals surface area contributed by atoms with Crippen LogP contribution in [0.5, 0.6) is 0 Å². The Balaban J connectivity index is 1.58. The van der Waals surface area contributed by atoms with Crippen molar-refractivity contribution in [1.82, 2.24) is 19.6 Å². The van der Waals surface area contributed by atoms with Gasteiger partial charge in [-0.25, -0.2) is 9.78 Å². The van der Waals surface area contributed by atoms with Crippen molar-refractivity contribution in [2.75, 3.05) is 25.0 Å². The van der Waals surface area contributed by atoms with Crippen LogP contribution in [0, 0.1) is 6.92 Å². The molecule has 1 aliphatic heterocycles. The fourth-order valence-corrected chi connectivity index (χ4v) is 3.37. The first-order valence-corrected chi connectivity index (χ1v) is 8.87. The molecule has 0 spiro atoms. The molecule has 0 bridgehead atoms. The van der Waals surface area contributed by atoms with Crippen LogP contribution in [0.3, 0.4) is 0 Å². The van der Waals surface area contributed by atoms with Gasteiger partial charge in [0.1, 0.15) is 5.65 Å². The molecule has 1 aliphatic rings. The van der Waals surface area contributed by atoms with Crippen molar-refractivity contribution in [2.24, 2.45) is 0 Å². The van der Waals surface area contributed by atoms with E-state index < -0.39 is 0 Å². The van der Waals surface area contributed by atoms with Crippen LogP contribution in [0.2, 0.25) is 0 Å². The molecule has 2 aromatic heterocycles. The molecule has 1 N–H and O–H groups in total. The van der Waals surface area contributed by atoms with E-state index in [-0.39, 0.29) is 11.9 Å². The number of hydrogen-bond acceptors (Lipinski definition) is 3. The van der Waals surface area contributed by atoms with Crippen LogP contribution in [0.1, 0.15) is 21.6 Å². The predicted molar refractivity (Wildman–Crippen MR) is 103 cm³/mol. The van der Waals surface area contributed by atoms with Crippen LogP contribution < -0.4 is 10.2 Å². The highest BCUT2D eigenvalue weighted by molar-refractivity contribution is 5.99. The first kappa shape index (κ1) is 17.1. The molecule has 0 saturated carbocycles. The lowest BCUT2D eigenvalue weighted by Gasteiger charge is -2.20. The lowest BCUT2D eigenvalue weighted by Crippen LogP contribution is -2.30. The Bertz CT molecular complexity index is 1030. The normalized spacial score (nSPS) is 13.9. The number of aromatic nitrogens is 2. The number of carbonyl (C=O) groups is 2. The molecule has 1 fully saturated rings. The van der Waals surface area contributed by atoms with E-state index in [0.29, 0.717) is 25.2 Å². The number of benzene rings is 1. The summed E-state index contributed by atoms with van der Waals surface area (Å²) in [6, 6.07) is 11.2. The fraction of sp³-hybridized carbons (Fsp3) is 0.250. The number of nitrogens with zero attached hydrogens (tertiary/aromatic N) is 4. The van der Waals surface area contributed by atoms with Gasteiger partial charge in [-0.05, 0) is 36.8 Å². The summed E-state index contributed by atoms with van der Waals surface area (Å²) in [6.07, 6.45) is 3.72. The second-order valence-electron chi connectivity index (χ2n) is 6.72. The highest BCUT2D eigenvalue weighted by Crippen LogP contribution is 2.24. The van der Waals surface area contributed by atoms with Crippen molar-refractivity contribution in [3.63, 3.8) is 0 Å². The monoisotopic (exact) mass is 363 g/mol. The van der Waals surface area contributed by atoms with Gasteiger partial charge in [0.25, 0.3) is 5.91 Å². The van der Waals surface area contributed by atoms with Gasteiger partial charge in [-0.3, -0.25) is 9.69 Å². The number of rotatable bonds is 4. The van der Waals surface area contributed by atoms with E-state index in [4.69, 9.17) is 0 Å². The minimum atomic E-state index is -0.123. The van der Waals surface area contributed by atoms with Gasteiger partial charge in [0.05, 0.1) is 18.4 Å². The molecule has 0 atom stereocenters. The third-order valence-electron chi connectivity index (χ3n) is 4.84. The largest absolute Gasteiger partial charge is 0.336 e. The van der Waals surface area contributed by atoms with Gasteiger partial charge in [0, 0.05) is 37.6 Å². The molecule has 1 aromatic carbocycles. The van der Waals surface area contributed by atoms with E-state index in [1.807, 2.05) is 41.8 Å². The van der Waals surface area contributed by atoms with Crippen molar-refractivity contribution in [2.45, 2.75) is 13.5 Å². The van der Waals surface area contributed by atoms with E-state index >= 15 is 0 Å². The average molecular weight is 363 g/mol. The Morgan fingerprint density at radius 1 is 1.30 bits per heavy atom. The predicted octanol–water partition coefficient (Wildman–Crippen LogP) is 2.44. The van der Waals surface area contributed by atoms with E-state index in [9.17, 15) is 9.59 Å². The van der Waals surface area contributed by atoms with Gasteiger partial charge in [-0.15, -0.1) is 0 Å². The first-order chi connectivity index (χ1) is 13.0. The van der Waals surface area contributed by atoms with Gasteiger partial charge in [0.2, 0.25) is 0 Å². The molecular formula is C20H21N5O2. The number of urea groups is 1. The highest BCUT2D eigenvalue weighted by atomic mass is 16.2. The van der Waals surface area contributed by atoms with Crippen LogP contribution >= 0.6 is 0 Å². The molecule has 27 heavy (non-hydrogen) atoms. The standard InChI is InChI=1S/C20H21N5O2/c1-14-6-7-15(11-17(14)25-10-8-21-20(25)27)19(26)23(2)13-16-12-22-18-5-3-4-9-24(16)18/h3-7,9,11-12H,8,10,13H2,1-2H3,(H,21,27). The van der Waals surface area contributed by atoms with Gasteiger partial charge in [0.15, 0.2) is 0 Å². The Morgan fingerprint density at radius 3 is 2.93 bits per heavy atom. The number of anilines is 1. The second-order valence-corrected chi connectivity index (χ2v) is 6.72. The fourth-order valence-electron chi connectivity index (χ4n) is 3.37. The Kier molecular flexibility index (Phi) is 4.27. The number of imidazole rings is 1. The van der Waals surface area contributed by atoms with Gasteiger partial charge in [-0.1, -0.05) is 12.1 Å². The van der Waals surface area contributed by atoms with Crippen molar-refractivity contribution < 1.29 is 9.59 Å². The zero-order valence-corrected chi connectivity index (χ0v) is 15.3. The maximum atomic E-state index is 12.9. The third kappa shape index (κ3) is 3.12. The quantitative estimate of drug-likeness (QED) is 0.774. The summed E-state index contributed by atoms with van der Waals surface area (Å²) in [6.45, 7) is 3.61. The number of carbonyl (C=O) groups excluding carboxylic acids is 2. The molecular weight excluding hydrogens is 342 g/mol. The van der Waals surface area contributed by atoms with Crippen molar-refractivity contribution in [3.05, 3.63) is 65.6 Å². The Hall–Kier alpha value is -3.35. The number of nitrogens with one attached hydrogen (secondary N) is 1. The second kappa shape index (κ2) is 6.75. The Labute approximate surface area is 157 Å². The minimum Gasteiger partial charge on any atom is -0.336 e. The Morgan fingerprint density at radius 2 is 2.15 bits per heavy atom. The van der Waals surface area contributed by atoms with Crippen LogP contribution in [0.4, 0.5) is 10.5 Å². The molecule has 0 radical (unpaired) electrons. The van der Waals surface area contributed by atoms with Crippen molar-refractivity contribution in [3.8, 4) is 0 Å². The molecule has 4 rings (SSSR count). The molecule has 3 amide bonds. The molecule has 7 heteroatoms. The van der Waals surface area contributed by atoms with Gasteiger partial charge in [-0.2, -0.15) is 0 Å². The van der Waals surface area contributed by atoms with E-state index in [2.05, 4.69) is 10.3 Å².